The van der Waals surface area contributed by atoms with Gasteiger partial charge in [-0.1, -0.05) is 0 Å². The van der Waals surface area contributed by atoms with Gasteiger partial charge in [-0.15, -0.1) is 0 Å². The highest BCUT2D eigenvalue weighted by atomic mass is 16.5. The molecule has 6 nitrogen and oxygen atoms in total. The van der Waals surface area contributed by atoms with Crippen LogP contribution < -0.4 is 10.6 Å². The quantitative estimate of drug-likeness (QED) is 0.569. The van der Waals surface area contributed by atoms with Gasteiger partial charge in [0.25, 0.3) is 0 Å². The maximum atomic E-state index is 11.5. The Morgan fingerprint density at radius 1 is 1.28 bits per heavy atom. The number of hydrogen-bond acceptors (Lipinski definition) is 3. The molecular weight excluding hydrogens is 236 g/mol. The zero-order valence-corrected chi connectivity index (χ0v) is 10.8. The minimum absolute atomic E-state index is 0.385. The fraction of sp³-hybridized carbons (Fsp3) is 0.833. The highest BCUT2D eigenvalue weighted by Crippen LogP contribution is 2.31. The fourth-order valence-corrected chi connectivity index (χ4v) is 1.93. The Morgan fingerprint density at radius 2 is 2.00 bits per heavy atom. The predicted octanol–water partition coefficient (Wildman–Crippen LogP) is 1.11. The normalized spacial score (nSPS) is 16.7. The van der Waals surface area contributed by atoms with Crippen molar-refractivity contribution >= 4 is 12.0 Å². The Morgan fingerprint density at radius 3 is 2.50 bits per heavy atom. The average Bonchev–Trinajstić information content (AvgIpc) is 2.28. The zero-order chi connectivity index (χ0) is 13.4. The second kappa shape index (κ2) is 7.20. The molecule has 6 heteroatoms. The third-order valence-electron chi connectivity index (χ3n) is 3.28. The van der Waals surface area contributed by atoms with E-state index in [2.05, 4.69) is 10.6 Å². The van der Waals surface area contributed by atoms with Crippen molar-refractivity contribution in [2.45, 2.75) is 44.1 Å². The number of nitrogens with one attached hydrogen (secondary N) is 2. The van der Waals surface area contributed by atoms with Crippen LogP contribution in [0.15, 0.2) is 0 Å². The van der Waals surface area contributed by atoms with Crippen LogP contribution in [0.4, 0.5) is 4.79 Å². The monoisotopic (exact) mass is 258 g/mol. The number of ether oxygens (including phenoxy) is 1. The number of methoxy groups -OCH3 is 1. The fourth-order valence-electron chi connectivity index (χ4n) is 1.93. The molecule has 0 atom stereocenters. The molecule has 0 bridgehead atoms. The number of amides is 2. The van der Waals surface area contributed by atoms with Gasteiger partial charge in [-0.3, -0.25) is 0 Å². The van der Waals surface area contributed by atoms with Gasteiger partial charge in [0.15, 0.2) is 0 Å². The van der Waals surface area contributed by atoms with Gasteiger partial charge in [-0.25, -0.2) is 9.59 Å². The van der Waals surface area contributed by atoms with Crippen LogP contribution in [0.25, 0.3) is 0 Å². The number of carboxylic acid groups (broad SMARTS) is 1. The first kappa shape index (κ1) is 14.8. The van der Waals surface area contributed by atoms with Crippen LogP contribution in [-0.2, 0) is 9.53 Å². The summed E-state index contributed by atoms with van der Waals surface area (Å²) in [5, 5.41) is 14.3. The Labute approximate surface area is 107 Å². The standard InChI is InChI=1S/C12H22N2O4/c1-18-9-4-2-3-8-13-11(17)14-12(10(15)16)6-5-7-12/h2-9H2,1H3,(H,15,16)(H2,13,14,17). The largest absolute Gasteiger partial charge is 0.480 e. The average molecular weight is 258 g/mol. The minimum atomic E-state index is -1.03. The lowest BCUT2D eigenvalue weighted by molar-refractivity contribution is -0.148. The molecule has 104 valence electrons. The van der Waals surface area contributed by atoms with Crippen LogP contribution in [0.5, 0.6) is 0 Å². The lowest BCUT2D eigenvalue weighted by Gasteiger charge is -2.38. The van der Waals surface area contributed by atoms with Crippen LogP contribution in [0.1, 0.15) is 38.5 Å². The highest BCUT2D eigenvalue weighted by molar-refractivity contribution is 5.87. The number of urea groups is 1. The second-order valence-corrected chi connectivity index (χ2v) is 4.68. The van der Waals surface area contributed by atoms with Gasteiger partial charge < -0.3 is 20.5 Å². The van der Waals surface area contributed by atoms with Gasteiger partial charge in [0.05, 0.1) is 0 Å². The molecule has 0 aliphatic heterocycles. The second-order valence-electron chi connectivity index (χ2n) is 4.68. The molecule has 1 aliphatic rings. The molecule has 0 aromatic heterocycles. The SMILES string of the molecule is COCCCCCNC(=O)NC1(C(=O)O)CCC1. The van der Waals surface area contributed by atoms with E-state index in [0.29, 0.717) is 19.4 Å². The lowest BCUT2D eigenvalue weighted by Crippen LogP contribution is -2.61. The number of rotatable bonds is 8. The van der Waals surface area contributed by atoms with E-state index in [9.17, 15) is 9.59 Å². The van der Waals surface area contributed by atoms with E-state index in [4.69, 9.17) is 9.84 Å². The first-order chi connectivity index (χ1) is 8.60. The third-order valence-corrected chi connectivity index (χ3v) is 3.28. The van der Waals surface area contributed by atoms with Crippen molar-refractivity contribution in [3.63, 3.8) is 0 Å². The van der Waals surface area contributed by atoms with Crippen LogP contribution in [0.3, 0.4) is 0 Å². The molecule has 1 fully saturated rings. The molecule has 0 radical (unpaired) electrons. The summed E-state index contributed by atoms with van der Waals surface area (Å²) in [6, 6.07) is -0.385. The van der Waals surface area contributed by atoms with Gasteiger partial charge in [0, 0.05) is 20.3 Å². The molecule has 18 heavy (non-hydrogen) atoms. The Kier molecular flexibility index (Phi) is 5.91. The minimum Gasteiger partial charge on any atom is -0.480 e. The number of carbonyl (C=O) groups is 2. The first-order valence-electron chi connectivity index (χ1n) is 6.39. The van der Waals surface area contributed by atoms with Gasteiger partial charge in [0.1, 0.15) is 5.54 Å². The van der Waals surface area contributed by atoms with E-state index in [0.717, 1.165) is 32.3 Å². The molecule has 0 aromatic rings. The number of aliphatic carboxylic acids is 1. The maximum Gasteiger partial charge on any atom is 0.329 e. The summed E-state index contributed by atoms with van der Waals surface area (Å²) in [6.07, 6.45) is 4.71. The van der Waals surface area contributed by atoms with Crippen molar-refractivity contribution < 1.29 is 19.4 Å². The van der Waals surface area contributed by atoms with E-state index in [1.165, 1.54) is 0 Å². The smallest absolute Gasteiger partial charge is 0.329 e. The van der Waals surface area contributed by atoms with Crippen LogP contribution in [0.2, 0.25) is 0 Å². The summed E-state index contributed by atoms with van der Waals surface area (Å²) in [5.41, 5.74) is -1.03. The molecule has 0 saturated heterocycles. The summed E-state index contributed by atoms with van der Waals surface area (Å²) in [4.78, 5) is 22.6. The summed E-state index contributed by atoms with van der Waals surface area (Å²) in [6.45, 7) is 1.29. The van der Waals surface area contributed by atoms with Crippen LogP contribution >= 0.6 is 0 Å². The number of unbranched alkanes of at least 4 members (excludes halogenated alkanes) is 2. The number of hydrogen-bond donors (Lipinski definition) is 3. The van der Waals surface area contributed by atoms with Crippen molar-refractivity contribution in [1.29, 1.82) is 0 Å². The molecule has 1 saturated carbocycles. The molecule has 0 spiro atoms. The predicted molar refractivity (Wildman–Crippen MR) is 66.5 cm³/mol. The summed E-state index contributed by atoms with van der Waals surface area (Å²) in [5.74, 6) is -0.941. The highest BCUT2D eigenvalue weighted by Gasteiger charge is 2.45. The molecule has 0 unspecified atom stereocenters. The van der Waals surface area contributed by atoms with Crippen molar-refractivity contribution in [2.75, 3.05) is 20.3 Å². The number of carbonyl (C=O) groups excluding carboxylic acids is 1. The van der Waals surface area contributed by atoms with E-state index < -0.39 is 11.5 Å². The summed E-state index contributed by atoms with van der Waals surface area (Å²) >= 11 is 0. The summed E-state index contributed by atoms with van der Waals surface area (Å²) < 4.78 is 4.92. The summed E-state index contributed by atoms with van der Waals surface area (Å²) in [7, 11) is 1.66. The van der Waals surface area contributed by atoms with E-state index in [1.54, 1.807) is 7.11 Å². The van der Waals surface area contributed by atoms with Gasteiger partial charge >= 0.3 is 12.0 Å². The molecule has 0 aromatic carbocycles. The van der Waals surface area contributed by atoms with Crippen molar-refractivity contribution in [2.24, 2.45) is 0 Å². The molecule has 2 amide bonds. The van der Waals surface area contributed by atoms with Gasteiger partial charge in [0.2, 0.25) is 0 Å². The van der Waals surface area contributed by atoms with Crippen molar-refractivity contribution in [3.05, 3.63) is 0 Å². The lowest BCUT2D eigenvalue weighted by atomic mass is 9.77. The molecule has 1 aliphatic carbocycles. The van der Waals surface area contributed by atoms with Crippen LogP contribution in [-0.4, -0.2) is 42.9 Å². The Balaban J connectivity index is 2.12. The molecular formula is C12H22N2O4. The topological polar surface area (TPSA) is 87.7 Å². The molecule has 0 heterocycles. The van der Waals surface area contributed by atoms with E-state index in [1.807, 2.05) is 0 Å². The Hall–Kier alpha value is -1.30. The van der Waals surface area contributed by atoms with Gasteiger partial charge in [-0.05, 0) is 38.5 Å². The molecule has 3 N–H and O–H groups in total. The third kappa shape index (κ3) is 4.18. The van der Waals surface area contributed by atoms with Crippen molar-refractivity contribution in [3.8, 4) is 0 Å². The van der Waals surface area contributed by atoms with E-state index in [-0.39, 0.29) is 6.03 Å². The first-order valence-corrected chi connectivity index (χ1v) is 6.39. The van der Waals surface area contributed by atoms with Crippen molar-refractivity contribution in [1.82, 2.24) is 10.6 Å². The maximum absolute atomic E-state index is 11.5. The Bertz CT molecular complexity index is 290. The number of carboxylic acids is 1. The zero-order valence-electron chi connectivity index (χ0n) is 10.8. The van der Waals surface area contributed by atoms with E-state index >= 15 is 0 Å². The molecule has 1 rings (SSSR count). The van der Waals surface area contributed by atoms with Gasteiger partial charge in [-0.2, -0.15) is 0 Å². The van der Waals surface area contributed by atoms with Crippen LogP contribution in [0, 0.1) is 0 Å².